The maximum absolute atomic E-state index is 13.2. The van der Waals surface area contributed by atoms with E-state index in [1.54, 1.807) is 24.9 Å². The third-order valence-electron chi connectivity index (χ3n) is 4.60. The quantitative estimate of drug-likeness (QED) is 0.823. The third kappa shape index (κ3) is 2.79. The minimum Gasteiger partial charge on any atom is -0.332 e. The molecule has 3 rings (SSSR count). The molecule has 4 amide bonds. The monoisotopic (exact) mass is 334 g/mol. The van der Waals surface area contributed by atoms with Crippen molar-refractivity contribution in [3.8, 4) is 0 Å². The summed E-state index contributed by atoms with van der Waals surface area (Å²) in [5.41, 5.74) is 0.346. The Morgan fingerprint density at radius 1 is 1.25 bits per heavy atom. The number of anilines is 1. The highest BCUT2D eigenvalue weighted by atomic mass is 19.1. The molecular formula is C16H19FN4O3. The van der Waals surface area contributed by atoms with Crippen molar-refractivity contribution in [1.29, 1.82) is 0 Å². The Morgan fingerprint density at radius 3 is 2.71 bits per heavy atom. The summed E-state index contributed by atoms with van der Waals surface area (Å²) in [4.78, 5) is 41.5. The molecule has 24 heavy (non-hydrogen) atoms. The van der Waals surface area contributed by atoms with Crippen molar-refractivity contribution in [3.63, 3.8) is 0 Å². The zero-order valence-corrected chi connectivity index (χ0v) is 13.5. The molecule has 2 atom stereocenters. The molecule has 0 bridgehead atoms. The Hall–Kier alpha value is -2.64. The van der Waals surface area contributed by atoms with E-state index in [1.165, 1.54) is 28.0 Å². The molecule has 1 N–H and O–H groups in total. The second-order valence-corrected chi connectivity index (χ2v) is 6.06. The van der Waals surface area contributed by atoms with Crippen molar-refractivity contribution in [2.75, 3.05) is 32.0 Å². The van der Waals surface area contributed by atoms with Gasteiger partial charge < -0.3 is 20.0 Å². The number of rotatable bonds is 1. The molecule has 1 aromatic rings. The summed E-state index contributed by atoms with van der Waals surface area (Å²) in [5.74, 6) is -0.723. The van der Waals surface area contributed by atoms with E-state index in [1.807, 2.05) is 0 Å². The van der Waals surface area contributed by atoms with Crippen LogP contribution in [0.5, 0.6) is 0 Å². The van der Waals surface area contributed by atoms with Crippen molar-refractivity contribution < 1.29 is 18.8 Å². The van der Waals surface area contributed by atoms with Crippen molar-refractivity contribution in [3.05, 3.63) is 30.1 Å². The second-order valence-electron chi connectivity index (χ2n) is 6.06. The van der Waals surface area contributed by atoms with Gasteiger partial charge in [0.25, 0.3) is 0 Å². The first-order valence-electron chi connectivity index (χ1n) is 7.77. The van der Waals surface area contributed by atoms with Gasteiger partial charge in [0.1, 0.15) is 17.9 Å². The standard InChI is InChI=1S/C16H19FN4O3/c1-10-14(22)21-7-6-20(9-13(21)15(23)19(10)2)16(24)18-12-5-3-4-11(17)8-12/h3-5,8,10,13H,6-7,9H2,1-2H3,(H,18,24)/t10-,13+/m0/s1. The van der Waals surface area contributed by atoms with Gasteiger partial charge in [-0.3, -0.25) is 9.59 Å². The topological polar surface area (TPSA) is 73.0 Å². The van der Waals surface area contributed by atoms with Crippen molar-refractivity contribution in [2.24, 2.45) is 0 Å². The van der Waals surface area contributed by atoms with Crippen molar-refractivity contribution in [1.82, 2.24) is 14.7 Å². The lowest BCUT2D eigenvalue weighted by atomic mass is 10.0. The Bertz CT molecular complexity index is 696. The molecule has 128 valence electrons. The van der Waals surface area contributed by atoms with Crippen LogP contribution in [-0.4, -0.2) is 71.3 Å². The van der Waals surface area contributed by atoms with Crippen molar-refractivity contribution in [2.45, 2.75) is 19.0 Å². The molecule has 0 aromatic heterocycles. The van der Waals surface area contributed by atoms with Crippen LogP contribution in [0.4, 0.5) is 14.9 Å². The van der Waals surface area contributed by atoms with Gasteiger partial charge in [-0.15, -0.1) is 0 Å². The van der Waals surface area contributed by atoms with E-state index < -0.39 is 23.9 Å². The predicted molar refractivity (Wildman–Crippen MR) is 84.7 cm³/mol. The number of carbonyl (C=O) groups excluding carboxylic acids is 3. The lowest BCUT2D eigenvalue weighted by molar-refractivity contribution is -0.162. The second kappa shape index (κ2) is 6.10. The Labute approximate surface area is 139 Å². The third-order valence-corrected chi connectivity index (χ3v) is 4.60. The van der Waals surface area contributed by atoms with Crippen LogP contribution in [0.25, 0.3) is 0 Å². The van der Waals surface area contributed by atoms with Crippen LogP contribution in [0.3, 0.4) is 0 Å². The molecule has 2 aliphatic heterocycles. The summed E-state index contributed by atoms with van der Waals surface area (Å²) in [6, 6.07) is 4.04. The van der Waals surface area contributed by atoms with Gasteiger partial charge in [-0.05, 0) is 25.1 Å². The molecule has 2 fully saturated rings. The van der Waals surface area contributed by atoms with E-state index in [0.717, 1.165) is 0 Å². The maximum atomic E-state index is 13.2. The lowest BCUT2D eigenvalue weighted by Gasteiger charge is -2.47. The summed E-state index contributed by atoms with van der Waals surface area (Å²) in [5, 5.41) is 2.61. The summed E-state index contributed by atoms with van der Waals surface area (Å²) >= 11 is 0. The van der Waals surface area contributed by atoms with E-state index in [2.05, 4.69) is 5.32 Å². The fraction of sp³-hybridized carbons (Fsp3) is 0.438. The molecule has 0 radical (unpaired) electrons. The zero-order valence-electron chi connectivity index (χ0n) is 13.5. The van der Waals surface area contributed by atoms with Crippen LogP contribution in [0.1, 0.15) is 6.92 Å². The molecule has 2 aliphatic rings. The fourth-order valence-electron chi connectivity index (χ4n) is 3.04. The van der Waals surface area contributed by atoms with E-state index in [-0.39, 0.29) is 18.4 Å². The number of halogens is 1. The number of fused-ring (bicyclic) bond motifs is 1. The zero-order chi connectivity index (χ0) is 17.4. The molecular weight excluding hydrogens is 315 g/mol. The van der Waals surface area contributed by atoms with Crippen LogP contribution in [0.2, 0.25) is 0 Å². The number of nitrogens with zero attached hydrogens (tertiary/aromatic N) is 3. The van der Waals surface area contributed by atoms with Gasteiger partial charge in [0.2, 0.25) is 11.8 Å². The highest BCUT2D eigenvalue weighted by Gasteiger charge is 2.45. The van der Waals surface area contributed by atoms with Crippen LogP contribution in [0, 0.1) is 5.82 Å². The number of urea groups is 1. The van der Waals surface area contributed by atoms with E-state index in [0.29, 0.717) is 18.8 Å². The van der Waals surface area contributed by atoms with Crippen LogP contribution in [0.15, 0.2) is 24.3 Å². The molecule has 1 aromatic carbocycles. The summed E-state index contributed by atoms with van der Waals surface area (Å²) < 4.78 is 13.2. The first kappa shape index (κ1) is 16.2. The maximum Gasteiger partial charge on any atom is 0.321 e. The van der Waals surface area contributed by atoms with E-state index in [9.17, 15) is 18.8 Å². The largest absolute Gasteiger partial charge is 0.332 e. The number of carbonyl (C=O) groups is 3. The number of hydrogen-bond donors (Lipinski definition) is 1. The fourth-order valence-corrected chi connectivity index (χ4v) is 3.04. The minimum absolute atomic E-state index is 0.104. The van der Waals surface area contributed by atoms with Gasteiger partial charge in [-0.2, -0.15) is 0 Å². The van der Waals surface area contributed by atoms with Gasteiger partial charge in [0.05, 0.1) is 6.54 Å². The summed E-state index contributed by atoms with van der Waals surface area (Å²) in [6.45, 7) is 2.46. The molecule has 0 aliphatic carbocycles. The summed E-state index contributed by atoms with van der Waals surface area (Å²) in [7, 11) is 1.59. The molecule has 7 nitrogen and oxygen atoms in total. The normalized spacial score (nSPS) is 24.0. The molecule has 0 unspecified atom stereocenters. The molecule has 2 heterocycles. The number of piperazine rings is 2. The average Bonchev–Trinajstić information content (AvgIpc) is 2.57. The molecule has 8 heteroatoms. The van der Waals surface area contributed by atoms with Crippen LogP contribution < -0.4 is 5.32 Å². The van der Waals surface area contributed by atoms with Crippen molar-refractivity contribution >= 4 is 23.5 Å². The lowest BCUT2D eigenvalue weighted by Crippen LogP contribution is -2.69. The van der Waals surface area contributed by atoms with E-state index in [4.69, 9.17) is 0 Å². The molecule has 2 saturated heterocycles. The van der Waals surface area contributed by atoms with Gasteiger partial charge >= 0.3 is 6.03 Å². The highest BCUT2D eigenvalue weighted by Crippen LogP contribution is 2.21. The van der Waals surface area contributed by atoms with Gasteiger partial charge in [0.15, 0.2) is 0 Å². The number of likely N-dealkylation sites (N-methyl/N-ethyl adjacent to an activating group) is 1. The van der Waals surface area contributed by atoms with Gasteiger partial charge in [0, 0.05) is 25.8 Å². The van der Waals surface area contributed by atoms with Gasteiger partial charge in [-0.25, -0.2) is 9.18 Å². The highest BCUT2D eigenvalue weighted by molar-refractivity contribution is 5.98. The average molecular weight is 334 g/mol. The number of amides is 4. The predicted octanol–water partition coefficient (Wildman–Crippen LogP) is 0.731. The Morgan fingerprint density at radius 2 is 2.00 bits per heavy atom. The smallest absolute Gasteiger partial charge is 0.321 e. The van der Waals surface area contributed by atoms with Crippen LogP contribution in [-0.2, 0) is 9.59 Å². The SMILES string of the molecule is C[C@H]1C(=O)N2CCN(C(=O)Nc3cccc(F)c3)C[C@@H]2C(=O)N1C. The van der Waals surface area contributed by atoms with E-state index >= 15 is 0 Å². The first-order chi connectivity index (χ1) is 11.4. The molecule has 0 saturated carbocycles. The van der Waals surface area contributed by atoms with Gasteiger partial charge in [-0.1, -0.05) is 6.07 Å². The first-order valence-corrected chi connectivity index (χ1v) is 7.77. The minimum atomic E-state index is -0.661. The summed E-state index contributed by atoms with van der Waals surface area (Å²) in [6.07, 6.45) is 0. The Balaban J connectivity index is 1.70. The Kier molecular flexibility index (Phi) is 4.13. The molecule has 0 spiro atoms. The number of nitrogens with one attached hydrogen (secondary N) is 1. The number of hydrogen-bond acceptors (Lipinski definition) is 3. The number of benzene rings is 1. The van der Waals surface area contributed by atoms with Crippen LogP contribution >= 0.6 is 0 Å².